The number of hydrogen-bond acceptors (Lipinski definition) is 3. The molecule has 0 saturated heterocycles. The fourth-order valence-electron chi connectivity index (χ4n) is 3.36. The lowest BCUT2D eigenvalue weighted by atomic mass is 9.97. The molecule has 5 heteroatoms. The van der Waals surface area contributed by atoms with Crippen molar-refractivity contribution in [1.29, 1.82) is 0 Å². The molecule has 0 unspecified atom stereocenters. The minimum atomic E-state index is -0.0658. The monoisotopic (exact) mass is 337 g/mol. The average Bonchev–Trinajstić information content (AvgIpc) is 3.28. The number of thiophene rings is 1. The van der Waals surface area contributed by atoms with Gasteiger partial charge in [0.05, 0.1) is 16.6 Å². The normalized spacial score (nSPS) is 16.7. The highest BCUT2D eigenvalue weighted by Crippen LogP contribution is 2.43. The SMILES string of the molecule is CCCN1C(=O)c2n[nH]c(-c3cccs3)c2[C@H]1c1ccc(C)cc1. The van der Waals surface area contributed by atoms with Crippen LogP contribution in [0.2, 0.25) is 0 Å². The zero-order chi connectivity index (χ0) is 16.7. The van der Waals surface area contributed by atoms with Crippen molar-refractivity contribution < 1.29 is 4.79 Å². The first-order valence-electron chi connectivity index (χ1n) is 8.20. The maximum atomic E-state index is 12.9. The number of benzene rings is 1. The smallest absolute Gasteiger partial charge is 0.275 e. The van der Waals surface area contributed by atoms with Gasteiger partial charge in [-0.3, -0.25) is 9.89 Å². The predicted molar refractivity (Wildman–Crippen MR) is 96.3 cm³/mol. The highest BCUT2D eigenvalue weighted by Gasteiger charge is 2.42. The number of fused-ring (bicyclic) bond motifs is 1. The van der Waals surface area contributed by atoms with Crippen molar-refractivity contribution in [2.45, 2.75) is 26.3 Å². The van der Waals surface area contributed by atoms with Gasteiger partial charge in [-0.25, -0.2) is 0 Å². The topological polar surface area (TPSA) is 49.0 Å². The number of rotatable bonds is 4. The summed E-state index contributed by atoms with van der Waals surface area (Å²) in [5, 5.41) is 9.49. The van der Waals surface area contributed by atoms with E-state index in [0.29, 0.717) is 5.69 Å². The molecular weight excluding hydrogens is 318 g/mol. The maximum Gasteiger partial charge on any atom is 0.275 e. The Balaban J connectivity index is 1.89. The Morgan fingerprint density at radius 1 is 1.25 bits per heavy atom. The third-order valence-electron chi connectivity index (χ3n) is 4.48. The van der Waals surface area contributed by atoms with Crippen molar-refractivity contribution in [2.24, 2.45) is 0 Å². The van der Waals surface area contributed by atoms with Crippen LogP contribution in [0, 0.1) is 6.92 Å². The number of carbonyl (C=O) groups is 1. The van der Waals surface area contributed by atoms with Crippen molar-refractivity contribution in [3.05, 3.63) is 64.2 Å². The molecule has 1 N–H and O–H groups in total. The largest absolute Gasteiger partial charge is 0.326 e. The van der Waals surface area contributed by atoms with E-state index in [9.17, 15) is 4.79 Å². The second-order valence-electron chi connectivity index (χ2n) is 6.15. The molecule has 3 heterocycles. The summed E-state index contributed by atoms with van der Waals surface area (Å²) in [5.41, 5.74) is 4.91. The van der Waals surface area contributed by atoms with Gasteiger partial charge in [0.2, 0.25) is 0 Å². The number of aromatic amines is 1. The van der Waals surface area contributed by atoms with Gasteiger partial charge in [0.1, 0.15) is 0 Å². The fourth-order valence-corrected chi connectivity index (χ4v) is 4.10. The van der Waals surface area contributed by atoms with Crippen LogP contribution in [0.15, 0.2) is 41.8 Å². The van der Waals surface area contributed by atoms with E-state index in [0.717, 1.165) is 34.7 Å². The Morgan fingerprint density at radius 3 is 2.71 bits per heavy atom. The van der Waals surface area contributed by atoms with Crippen LogP contribution >= 0.6 is 11.3 Å². The lowest BCUT2D eigenvalue weighted by molar-refractivity contribution is 0.0744. The van der Waals surface area contributed by atoms with Crippen molar-refractivity contribution in [3.63, 3.8) is 0 Å². The van der Waals surface area contributed by atoms with Gasteiger partial charge >= 0.3 is 0 Å². The molecule has 1 aliphatic heterocycles. The van der Waals surface area contributed by atoms with Crippen LogP contribution in [-0.4, -0.2) is 27.5 Å². The second kappa shape index (κ2) is 5.91. The summed E-state index contributed by atoms with van der Waals surface area (Å²) in [6, 6.07) is 12.5. The molecule has 0 bridgehead atoms. The van der Waals surface area contributed by atoms with Crippen LogP contribution in [0.1, 0.15) is 46.6 Å². The van der Waals surface area contributed by atoms with Gasteiger partial charge in [-0.2, -0.15) is 5.10 Å². The highest BCUT2D eigenvalue weighted by molar-refractivity contribution is 7.13. The number of nitrogens with zero attached hydrogens (tertiary/aromatic N) is 2. The summed E-state index contributed by atoms with van der Waals surface area (Å²) in [4.78, 5) is 15.9. The lowest BCUT2D eigenvalue weighted by Gasteiger charge is -2.26. The second-order valence-corrected chi connectivity index (χ2v) is 7.10. The third kappa shape index (κ3) is 2.27. The number of amides is 1. The summed E-state index contributed by atoms with van der Waals surface area (Å²) in [7, 11) is 0. The molecule has 122 valence electrons. The minimum absolute atomic E-state index is 0.0245. The number of nitrogens with one attached hydrogen (secondary N) is 1. The molecule has 0 spiro atoms. The molecule has 2 aromatic heterocycles. The maximum absolute atomic E-state index is 12.9. The number of carbonyl (C=O) groups excluding carboxylic acids is 1. The molecule has 4 nitrogen and oxygen atoms in total. The molecular formula is C19H19N3OS. The number of H-pyrrole nitrogens is 1. The molecule has 24 heavy (non-hydrogen) atoms. The summed E-state index contributed by atoms with van der Waals surface area (Å²) >= 11 is 1.66. The van der Waals surface area contributed by atoms with Crippen LogP contribution in [0.3, 0.4) is 0 Å². The van der Waals surface area contributed by atoms with E-state index in [-0.39, 0.29) is 11.9 Å². The molecule has 0 aliphatic carbocycles. The van der Waals surface area contributed by atoms with Gasteiger partial charge < -0.3 is 4.90 Å². The van der Waals surface area contributed by atoms with Crippen LogP contribution in [0.4, 0.5) is 0 Å². The van der Waals surface area contributed by atoms with E-state index in [1.807, 2.05) is 16.3 Å². The van der Waals surface area contributed by atoms with E-state index >= 15 is 0 Å². The molecule has 4 rings (SSSR count). The van der Waals surface area contributed by atoms with E-state index in [2.05, 4.69) is 54.4 Å². The number of hydrogen-bond donors (Lipinski definition) is 1. The van der Waals surface area contributed by atoms with Gasteiger partial charge in [0.15, 0.2) is 5.69 Å². The van der Waals surface area contributed by atoms with Gasteiger partial charge in [0, 0.05) is 12.1 Å². The van der Waals surface area contributed by atoms with Gasteiger partial charge in [-0.05, 0) is 30.4 Å². The van der Waals surface area contributed by atoms with Crippen molar-refractivity contribution in [1.82, 2.24) is 15.1 Å². The Hall–Kier alpha value is -2.40. The first kappa shape index (κ1) is 15.1. The molecule has 3 aromatic rings. The zero-order valence-electron chi connectivity index (χ0n) is 13.7. The van der Waals surface area contributed by atoms with Crippen LogP contribution in [0.5, 0.6) is 0 Å². The quantitative estimate of drug-likeness (QED) is 0.767. The van der Waals surface area contributed by atoms with Crippen molar-refractivity contribution >= 4 is 17.2 Å². The van der Waals surface area contributed by atoms with Crippen molar-refractivity contribution in [3.8, 4) is 10.6 Å². The average molecular weight is 337 g/mol. The molecule has 1 aliphatic rings. The molecule has 1 aromatic carbocycles. The van der Waals surface area contributed by atoms with E-state index in [1.54, 1.807) is 11.3 Å². The Morgan fingerprint density at radius 2 is 2.04 bits per heavy atom. The summed E-state index contributed by atoms with van der Waals surface area (Å²) < 4.78 is 0. The van der Waals surface area contributed by atoms with Crippen LogP contribution in [-0.2, 0) is 0 Å². The van der Waals surface area contributed by atoms with Gasteiger partial charge in [-0.15, -0.1) is 11.3 Å². The molecule has 0 fully saturated rings. The van der Waals surface area contributed by atoms with E-state index in [1.165, 1.54) is 5.56 Å². The first-order valence-corrected chi connectivity index (χ1v) is 9.08. The molecule has 0 radical (unpaired) electrons. The summed E-state index contributed by atoms with van der Waals surface area (Å²) in [6.45, 7) is 4.91. The Bertz CT molecular complexity index is 865. The Labute approximate surface area is 145 Å². The summed E-state index contributed by atoms with van der Waals surface area (Å²) in [5.74, 6) is 0.0245. The highest BCUT2D eigenvalue weighted by atomic mass is 32.1. The molecule has 1 atom stereocenters. The van der Waals surface area contributed by atoms with Gasteiger partial charge in [0.25, 0.3) is 5.91 Å². The van der Waals surface area contributed by atoms with Gasteiger partial charge in [-0.1, -0.05) is 42.8 Å². The molecule has 0 saturated carbocycles. The molecule has 1 amide bonds. The van der Waals surface area contributed by atoms with Crippen LogP contribution in [0.25, 0.3) is 10.6 Å². The number of aromatic nitrogens is 2. The van der Waals surface area contributed by atoms with E-state index < -0.39 is 0 Å². The minimum Gasteiger partial charge on any atom is -0.326 e. The number of aryl methyl sites for hydroxylation is 1. The van der Waals surface area contributed by atoms with Crippen LogP contribution < -0.4 is 0 Å². The predicted octanol–water partition coefficient (Wildman–Crippen LogP) is 4.40. The van der Waals surface area contributed by atoms with E-state index in [4.69, 9.17) is 0 Å². The lowest BCUT2D eigenvalue weighted by Crippen LogP contribution is -2.30. The first-order chi connectivity index (χ1) is 11.7. The third-order valence-corrected chi connectivity index (χ3v) is 5.37. The Kier molecular flexibility index (Phi) is 3.73. The van der Waals surface area contributed by atoms with Crippen molar-refractivity contribution in [2.75, 3.05) is 6.54 Å². The zero-order valence-corrected chi connectivity index (χ0v) is 14.6. The fraction of sp³-hybridized carbons (Fsp3) is 0.263. The standard InChI is InChI=1S/C19H19N3OS/c1-3-10-22-18(13-8-6-12(2)7-9-13)15-16(14-5-4-11-24-14)20-21-17(15)19(22)23/h4-9,11,18H,3,10H2,1-2H3,(H,20,21)/t18-/m1/s1. The summed E-state index contributed by atoms with van der Waals surface area (Å²) in [6.07, 6.45) is 0.927.